The number of carboxylic acids is 1. The summed E-state index contributed by atoms with van der Waals surface area (Å²) < 4.78 is 21.9. The summed E-state index contributed by atoms with van der Waals surface area (Å²) in [5, 5.41) is 8.58. The molecule has 0 aromatic rings. The Bertz CT molecular complexity index is 528. The van der Waals surface area contributed by atoms with Gasteiger partial charge in [0, 0.05) is 7.11 Å². The van der Waals surface area contributed by atoms with Crippen molar-refractivity contribution in [2.24, 2.45) is 0 Å². The lowest BCUT2D eigenvalue weighted by atomic mass is 10.1. The summed E-state index contributed by atoms with van der Waals surface area (Å²) in [4.78, 5) is 10.5. The van der Waals surface area contributed by atoms with Crippen LogP contribution in [0.15, 0.2) is 34.9 Å². The molecule has 5 nitrogen and oxygen atoms in total. The quantitative estimate of drug-likeness (QED) is 0.376. The molecule has 0 aromatic carbocycles. The van der Waals surface area contributed by atoms with Crippen LogP contribution in [0.3, 0.4) is 0 Å². The second-order valence-electron chi connectivity index (χ2n) is 6.10. The lowest BCUT2D eigenvalue weighted by molar-refractivity contribution is -0.139. The highest BCUT2D eigenvalue weighted by Crippen LogP contribution is 2.47. The Balaban J connectivity index is 4.32. The maximum Gasteiger partial charge on any atom is 0.334 e. The van der Waals surface area contributed by atoms with Crippen LogP contribution in [0.2, 0.25) is 0 Å². The number of hydrogen-bond acceptors (Lipinski definition) is 4. The molecule has 0 aliphatic heterocycles. The SMILES string of the molecule is COP(=O)(C/C=C(\C)CC/C=C(\C)CCC=C(C)C)OCC(=O)O. The molecule has 0 spiro atoms. The van der Waals surface area contributed by atoms with Crippen LogP contribution in [0.4, 0.5) is 0 Å². The minimum absolute atomic E-state index is 0.0892. The fraction of sp³-hybridized carbons (Fsp3) is 0.611. The van der Waals surface area contributed by atoms with Crippen LogP contribution >= 0.6 is 7.60 Å². The normalized spacial score (nSPS) is 15.0. The average molecular weight is 358 g/mol. The molecule has 0 bridgehead atoms. The first-order chi connectivity index (χ1) is 11.2. The third-order valence-corrected chi connectivity index (χ3v) is 5.16. The first kappa shape index (κ1) is 22.8. The summed E-state index contributed by atoms with van der Waals surface area (Å²) >= 11 is 0. The fourth-order valence-corrected chi connectivity index (χ4v) is 3.14. The topological polar surface area (TPSA) is 72.8 Å². The molecule has 1 atom stereocenters. The molecule has 1 N–H and O–H groups in total. The monoisotopic (exact) mass is 358 g/mol. The van der Waals surface area contributed by atoms with Crippen LogP contribution in [-0.4, -0.2) is 31.0 Å². The predicted molar refractivity (Wildman–Crippen MR) is 98.5 cm³/mol. The molecular formula is C18H31O5P. The van der Waals surface area contributed by atoms with E-state index < -0.39 is 20.2 Å². The summed E-state index contributed by atoms with van der Waals surface area (Å²) in [6, 6.07) is 0. The number of rotatable bonds is 12. The molecule has 1 unspecified atom stereocenters. The number of aliphatic carboxylic acids is 1. The van der Waals surface area contributed by atoms with E-state index >= 15 is 0 Å². The largest absolute Gasteiger partial charge is 0.480 e. The zero-order valence-corrected chi connectivity index (χ0v) is 16.4. The van der Waals surface area contributed by atoms with Crippen molar-refractivity contribution in [1.29, 1.82) is 0 Å². The molecule has 138 valence electrons. The highest BCUT2D eigenvalue weighted by Gasteiger charge is 2.22. The van der Waals surface area contributed by atoms with Crippen LogP contribution < -0.4 is 0 Å². The molecule has 0 aliphatic carbocycles. The molecule has 0 fully saturated rings. The van der Waals surface area contributed by atoms with Gasteiger partial charge in [-0.15, -0.1) is 0 Å². The van der Waals surface area contributed by atoms with E-state index in [1.165, 1.54) is 18.3 Å². The standard InChI is InChI=1S/C18H31O5P/c1-15(2)8-6-9-16(3)10-7-11-17(4)12-13-24(21,22-5)23-14-18(19)20/h8,10,12H,6-7,9,11,13-14H2,1-5H3,(H,19,20)/b16-10+,17-12+. The molecule has 0 saturated carbocycles. The number of carbonyl (C=O) groups is 1. The molecule has 0 rings (SSSR count). The van der Waals surface area contributed by atoms with E-state index in [0.29, 0.717) is 0 Å². The van der Waals surface area contributed by atoms with Crippen molar-refractivity contribution in [3.05, 3.63) is 34.9 Å². The van der Waals surface area contributed by atoms with Gasteiger partial charge in [0.05, 0.1) is 6.16 Å². The Labute approximate surface area is 146 Å². The first-order valence-electron chi connectivity index (χ1n) is 8.14. The summed E-state index contributed by atoms with van der Waals surface area (Å²) in [5.41, 5.74) is 3.79. The summed E-state index contributed by atoms with van der Waals surface area (Å²) in [5.74, 6) is -1.17. The minimum Gasteiger partial charge on any atom is -0.480 e. The van der Waals surface area contributed by atoms with Gasteiger partial charge in [0.15, 0.2) is 6.61 Å². The van der Waals surface area contributed by atoms with Gasteiger partial charge < -0.3 is 9.63 Å². The Morgan fingerprint density at radius 3 is 2.04 bits per heavy atom. The Morgan fingerprint density at radius 1 is 1.00 bits per heavy atom. The van der Waals surface area contributed by atoms with E-state index in [1.807, 2.05) is 6.92 Å². The van der Waals surface area contributed by atoms with Crippen molar-refractivity contribution in [1.82, 2.24) is 0 Å². The van der Waals surface area contributed by atoms with Gasteiger partial charge in [-0.05, 0) is 53.4 Å². The molecule has 0 heterocycles. The molecule has 6 heteroatoms. The first-order valence-corrected chi connectivity index (χ1v) is 9.87. The van der Waals surface area contributed by atoms with Gasteiger partial charge in [0.2, 0.25) is 0 Å². The highest BCUT2D eigenvalue weighted by atomic mass is 31.2. The van der Waals surface area contributed by atoms with E-state index in [9.17, 15) is 9.36 Å². The predicted octanol–water partition coefficient (Wildman–Crippen LogP) is 5.35. The van der Waals surface area contributed by atoms with Gasteiger partial charge in [0.25, 0.3) is 0 Å². The number of allylic oxidation sites excluding steroid dienone is 6. The van der Waals surface area contributed by atoms with Gasteiger partial charge in [-0.3, -0.25) is 9.09 Å². The lowest BCUT2D eigenvalue weighted by Crippen LogP contribution is -2.07. The van der Waals surface area contributed by atoms with E-state index in [0.717, 1.165) is 31.3 Å². The number of carboxylic acid groups (broad SMARTS) is 1. The zero-order valence-electron chi connectivity index (χ0n) is 15.5. The zero-order chi connectivity index (χ0) is 18.6. The van der Waals surface area contributed by atoms with Gasteiger partial charge in [-0.2, -0.15) is 0 Å². The molecule has 24 heavy (non-hydrogen) atoms. The van der Waals surface area contributed by atoms with Crippen molar-refractivity contribution in [3.63, 3.8) is 0 Å². The number of hydrogen-bond donors (Lipinski definition) is 1. The Morgan fingerprint density at radius 2 is 1.54 bits per heavy atom. The van der Waals surface area contributed by atoms with E-state index in [1.54, 1.807) is 6.08 Å². The van der Waals surface area contributed by atoms with Crippen molar-refractivity contribution in [2.45, 2.75) is 53.4 Å². The van der Waals surface area contributed by atoms with Gasteiger partial charge in [-0.25, -0.2) is 4.79 Å². The Kier molecular flexibility index (Phi) is 11.6. The maximum atomic E-state index is 12.2. The van der Waals surface area contributed by atoms with Gasteiger partial charge in [0.1, 0.15) is 0 Å². The summed E-state index contributed by atoms with van der Waals surface area (Å²) in [6.07, 6.45) is 10.3. The Hall–Kier alpha value is -1.16. The van der Waals surface area contributed by atoms with Gasteiger partial charge >= 0.3 is 13.6 Å². The smallest absolute Gasteiger partial charge is 0.334 e. The summed E-state index contributed by atoms with van der Waals surface area (Å²) in [7, 11) is -2.09. The van der Waals surface area contributed by atoms with E-state index in [4.69, 9.17) is 14.2 Å². The average Bonchev–Trinajstić information content (AvgIpc) is 2.50. The molecule has 0 amide bonds. The molecule has 0 aliphatic rings. The summed E-state index contributed by atoms with van der Waals surface area (Å²) in [6.45, 7) is 7.68. The molecular weight excluding hydrogens is 327 g/mol. The van der Waals surface area contributed by atoms with Gasteiger partial charge in [-0.1, -0.05) is 34.9 Å². The van der Waals surface area contributed by atoms with Crippen LogP contribution in [0.5, 0.6) is 0 Å². The van der Waals surface area contributed by atoms with E-state index in [2.05, 4.69) is 32.9 Å². The van der Waals surface area contributed by atoms with Crippen LogP contribution in [0, 0.1) is 0 Å². The third-order valence-electron chi connectivity index (χ3n) is 3.45. The van der Waals surface area contributed by atoms with Crippen LogP contribution in [-0.2, 0) is 18.4 Å². The molecule has 0 saturated heterocycles. The second-order valence-corrected chi connectivity index (χ2v) is 8.31. The maximum absolute atomic E-state index is 12.2. The van der Waals surface area contributed by atoms with Crippen LogP contribution in [0.1, 0.15) is 53.4 Å². The second kappa shape index (κ2) is 12.2. The minimum atomic E-state index is -3.36. The van der Waals surface area contributed by atoms with E-state index in [-0.39, 0.29) is 6.16 Å². The fourth-order valence-electron chi connectivity index (χ4n) is 1.94. The van der Waals surface area contributed by atoms with Crippen molar-refractivity contribution in [2.75, 3.05) is 19.9 Å². The molecule has 0 aromatic heterocycles. The van der Waals surface area contributed by atoms with Crippen molar-refractivity contribution >= 4 is 13.6 Å². The lowest BCUT2D eigenvalue weighted by Gasteiger charge is -2.13. The van der Waals surface area contributed by atoms with Crippen molar-refractivity contribution in [3.8, 4) is 0 Å². The third kappa shape index (κ3) is 12.3. The highest BCUT2D eigenvalue weighted by molar-refractivity contribution is 7.54. The molecule has 0 radical (unpaired) electrons. The van der Waals surface area contributed by atoms with Crippen LogP contribution in [0.25, 0.3) is 0 Å². The van der Waals surface area contributed by atoms with Crippen molar-refractivity contribution < 1.29 is 23.5 Å².